The fraction of sp³-hybridized carbons (Fsp3) is 0.467. The van der Waals surface area contributed by atoms with Crippen molar-refractivity contribution >= 4 is 11.8 Å². The number of carbonyl (C=O) groups excluding carboxylic acids is 1. The van der Waals surface area contributed by atoms with Crippen LogP contribution in [0.25, 0.3) is 0 Å². The van der Waals surface area contributed by atoms with Gasteiger partial charge in [0.25, 0.3) is 0 Å². The Morgan fingerprint density at radius 2 is 2.00 bits per heavy atom. The maximum absolute atomic E-state index is 12.4. The summed E-state index contributed by atoms with van der Waals surface area (Å²) < 4.78 is 0. The van der Waals surface area contributed by atoms with E-state index < -0.39 is 12.0 Å². The number of carboxylic acids is 1. The van der Waals surface area contributed by atoms with Crippen LogP contribution in [-0.2, 0) is 4.79 Å². The minimum Gasteiger partial charge on any atom is -0.481 e. The lowest BCUT2D eigenvalue weighted by Crippen LogP contribution is -2.37. The van der Waals surface area contributed by atoms with Crippen LogP contribution < -0.4 is 5.32 Å². The number of nitrogens with one attached hydrogen (secondary N) is 1. The van der Waals surface area contributed by atoms with Crippen LogP contribution in [0.1, 0.15) is 41.3 Å². The van der Waals surface area contributed by atoms with E-state index in [9.17, 15) is 9.59 Å². The molecule has 0 aliphatic carbocycles. The predicted octanol–water partition coefficient (Wildman–Crippen LogP) is 2.33. The molecule has 4 nitrogen and oxygen atoms in total. The number of benzene rings is 1. The van der Waals surface area contributed by atoms with E-state index in [-0.39, 0.29) is 12.2 Å². The van der Waals surface area contributed by atoms with Crippen molar-refractivity contribution in [3.8, 4) is 0 Å². The van der Waals surface area contributed by atoms with Gasteiger partial charge in [0.15, 0.2) is 5.78 Å². The molecule has 0 bridgehead atoms. The smallest absolute Gasteiger partial charge is 0.303 e. The number of ketones is 1. The van der Waals surface area contributed by atoms with Gasteiger partial charge in [0.2, 0.25) is 0 Å². The minimum atomic E-state index is -0.878. The second kappa shape index (κ2) is 7.04. The topological polar surface area (TPSA) is 66.4 Å². The first-order valence-electron chi connectivity index (χ1n) is 6.52. The van der Waals surface area contributed by atoms with Crippen molar-refractivity contribution in [3.63, 3.8) is 0 Å². The highest BCUT2D eigenvalue weighted by Gasteiger charge is 2.21. The Balaban J connectivity index is 2.88. The Hall–Kier alpha value is -1.68. The zero-order valence-electron chi connectivity index (χ0n) is 11.7. The third-order valence-electron chi connectivity index (χ3n) is 3.06. The lowest BCUT2D eigenvalue weighted by molar-refractivity contribution is -0.137. The zero-order valence-corrected chi connectivity index (χ0v) is 11.7. The van der Waals surface area contributed by atoms with Gasteiger partial charge in [0, 0.05) is 12.0 Å². The van der Waals surface area contributed by atoms with E-state index in [2.05, 4.69) is 5.32 Å². The lowest BCUT2D eigenvalue weighted by atomic mass is 9.95. The Kier molecular flexibility index (Phi) is 5.70. The minimum absolute atomic E-state index is 0.00564. The van der Waals surface area contributed by atoms with Gasteiger partial charge < -0.3 is 10.4 Å². The van der Waals surface area contributed by atoms with Crippen LogP contribution in [0.2, 0.25) is 0 Å². The van der Waals surface area contributed by atoms with Crippen molar-refractivity contribution in [1.29, 1.82) is 0 Å². The first kappa shape index (κ1) is 15.4. The first-order chi connectivity index (χ1) is 8.95. The molecule has 2 N–H and O–H groups in total. The monoisotopic (exact) mass is 263 g/mol. The average molecular weight is 263 g/mol. The van der Waals surface area contributed by atoms with Crippen molar-refractivity contribution in [2.75, 3.05) is 6.54 Å². The van der Waals surface area contributed by atoms with Crippen LogP contribution in [0.3, 0.4) is 0 Å². The largest absolute Gasteiger partial charge is 0.481 e. The molecule has 1 aromatic carbocycles. The van der Waals surface area contributed by atoms with E-state index in [1.807, 2.05) is 39.0 Å². The molecule has 0 heterocycles. The molecule has 1 aromatic rings. The molecule has 4 heteroatoms. The van der Waals surface area contributed by atoms with E-state index >= 15 is 0 Å². The number of hydrogen-bond acceptors (Lipinski definition) is 3. The number of carbonyl (C=O) groups is 2. The molecule has 0 fully saturated rings. The van der Waals surface area contributed by atoms with Gasteiger partial charge in [-0.25, -0.2) is 0 Å². The molecule has 1 atom stereocenters. The van der Waals surface area contributed by atoms with Crippen molar-refractivity contribution in [1.82, 2.24) is 5.32 Å². The standard InChI is InChI=1S/C15H21NO3/c1-4-16-13(7-8-14(17)18)15(19)12-6-5-10(2)9-11(12)3/h5-6,9,13,16H,4,7-8H2,1-3H3,(H,17,18). The zero-order chi connectivity index (χ0) is 14.4. The van der Waals surface area contributed by atoms with E-state index in [0.717, 1.165) is 11.1 Å². The molecular formula is C15H21NO3. The van der Waals surface area contributed by atoms with Gasteiger partial charge in [0.1, 0.15) is 0 Å². The SMILES string of the molecule is CCNC(CCC(=O)O)C(=O)c1ccc(C)cc1C. The molecule has 1 unspecified atom stereocenters. The molecule has 0 saturated carbocycles. The van der Waals surface area contributed by atoms with E-state index in [0.29, 0.717) is 18.5 Å². The highest BCUT2D eigenvalue weighted by molar-refractivity contribution is 6.01. The quantitative estimate of drug-likeness (QED) is 0.741. The van der Waals surface area contributed by atoms with E-state index in [1.165, 1.54) is 0 Å². The van der Waals surface area contributed by atoms with Crippen molar-refractivity contribution in [2.24, 2.45) is 0 Å². The van der Waals surface area contributed by atoms with Gasteiger partial charge in [-0.15, -0.1) is 0 Å². The van der Waals surface area contributed by atoms with Crippen LogP contribution in [0.5, 0.6) is 0 Å². The second-order valence-electron chi connectivity index (χ2n) is 4.73. The summed E-state index contributed by atoms with van der Waals surface area (Å²) in [6.45, 7) is 6.43. The molecule has 0 radical (unpaired) electrons. The number of aliphatic carboxylic acids is 1. The highest BCUT2D eigenvalue weighted by atomic mass is 16.4. The number of carboxylic acid groups (broad SMARTS) is 1. The van der Waals surface area contributed by atoms with Crippen LogP contribution in [0.4, 0.5) is 0 Å². The molecule has 0 saturated heterocycles. The van der Waals surface area contributed by atoms with E-state index in [1.54, 1.807) is 0 Å². The highest BCUT2D eigenvalue weighted by Crippen LogP contribution is 2.15. The summed E-state index contributed by atoms with van der Waals surface area (Å²) in [5.41, 5.74) is 2.71. The molecule has 1 rings (SSSR count). The maximum atomic E-state index is 12.4. The summed E-state index contributed by atoms with van der Waals surface area (Å²) in [5, 5.41) is 11.8. The fourth-order valence-electron chi connectivity index (χ4n) is 2.12. The molecule has 0 aliphatic rings. The fourth-order valence-corrected chi connectivity index (χ4v) is 2.12. The van der Waals surface area contributed by atoms with Gasteiger partial charge in [0.05, 0.1) is 6.04 Å². The van der Waals surface area contributed by atoms with Gasteiger partial charge in [-0.1, -0.05) is 30.7 Å². The summed E-state index contributed by atoms with van der Waals surface area (Å²) in [4.78, 5) is 23.1. The van der Waals surface area contributed by atoms with Crippen LogP contribution in [-0.4, -0.2) is 29.4 Å². The van der Waals surface area contributed by atoms with Gasteiger partial charge in [-0.2, -0.15) is 0 Å². The number of likely N-dealkylation sites (N-methyl/N-ethyl adjacent to an activating group) is 1. The third kappa shape index (κ3) is 4.48. The number of hydrogen-bond donors (Lipinski definition) is 2. The Morgan fingerprint density at radius 1 is 1.32 bits per heavy atom. The molecule has 0 amide bonds. The molecule has 19 heavy (non-hydrogen) atoms. The van der Waals surface area contributed by atoms with Crippen molar-refractivity contribution in [3.05, 3.63) is 34.9 Å². The molecule has 104 valence electrons. The summed E-state index contributed by atoms with van der Waals surface area (Å²) >= 11 is 0. The van der Waals surface area contributed by atoms with E-state index in [4.69, 9.17) is 5.11 Å². The Labute approximate surface area is 113 Å². The number of Topliss-reactive ketones (excluding diaryl/α,β-unsaturated/α-hetero) is 1. The second-order valence-corrected chi connectivity index (χ2v) is 4.73. The predicted molar refractivity (Wildman–Crippen MR) is 74.6 cm³/mol. The number of rotatable bonds is 7. The first-order valence-corrected chi connectivity index (χ1v) is 6.52. The third-order valence-corrected chi connectivity index (χ3v) is 3.06. The van der Waals surface area contributed by atoms with Crippen molar-refractivity contribution in [2.45, 2.75) is 39.7 Å². The van der Waals surface area contributed by atoms with Gasteiger partial charge >= 0.3 is 5.97 Å². The number of aryl methyl sites for hydroxylation is 2. The summed E-state index contributed by atoms with van der Waals surface area (Å²) in [6.07, 6.45) is 0.309. The maximum Gasteiger partial charge on any atom is 0.303 e. The molecule has 0 spiro atoms. The molecule has 0 aliphatic heterocycles. The Morgan fingerprint density at radius 3 is 2.53 bits per heavy atom. The lowest BCUT2D eigenvalue weighted by Gasteiger charge is -2.17. The molecule has 0 aromatic heterocycles. The Bertz CT molecular complexity index is 468. The summed E-state index contributed by atoms with van der Waals surface area (Å²) in [7, 11) is 0. The molecular weight excluding hydrogens is 242 g/mol. The average Bonchev–Trinajstić information content (AvgIpc) is 2.33. The van der Waals surface area contributed by atoms with Gasteiger partial charge in [-0.3, -0.25) is 9.59 Å². The normalized spacial score (nSPS) is 12.2. The van der Waals surface area contributed by atoms with Crippen LogP contribution in [0, 0.1) is 13.8 Å². The summed E-state index contributed by atoms with van der Waals surface area (Å²) in [6, 6.07) is 5.26. The van der Waals surface area contributed by atoms with Crippen LogP contribution in [0.15, 0.2) is 18.2 Å². The van der Waals surface area contributed by atoms with Crippen molar-refractivity contribution < 1.29 is 14.7 Å². The van der Waals surface area contributed by atoms with Gasteiger partial charge in [-0.05, 0) is 32.4 Å². The summed E-state index contributed by atoms with van der Waals surface area (Å²) in [5.74, 6) is -0.906. The van der Waals surface area contributed by atoms with Crippen LogP contribution >= 0.6 is 0 Å².